The summed E-state index contributed by atoms with van der Waals surface area (Å²) in [6.45, 7) is 5.19. The number of anilines is 1. The normalized spacial score (nSPS) is 19.6. The summed E-state index contributed by atoms with van der Waals surface area (Å²) in [5.41, 5.74) is 7.09. The van der Waals surface area contributed by atoms with Crippen LogP contribution < -0.4 is 5.73 Å². The van der Waals surface area contributed by atoms with E-state index in [1.54, 1.807) is 6.07 Å². The lowest BCUT2D eigenvalue weighted by molar-refractivity contribution is 0.0137. The van der Waals surface area contributed by atoms with Gasteiger partial charge in [0.25, 0.3) is 5.91 Å². The Balaban J connectivity index is 0.00000132. The average molecular weight is 362 g/mol. The van der Waals surface area contributed by atoms with Gasteiger partial charge < -0.3 is 15.4 Å². The third-order valence-electron chi connectivity index (χ3n) is 4.50. The summed E-state index contributed by atoms with van der Waals surface area (Å²) in [5, 5.41) is 0. The van der Waals surface area contributed by atoms with Crippen molar-refractivity contribution in [3.8, 4) is 0 Å². The number of hydrogen-bond acceptors (Lipinski definition) is 4. The van der Waals surface area contributed by atoms with Crippen LogP contribution in [0.2, 0.25) is 0 Å². The first-order chi connectivity index (χ1) is 10.3. The Morgan fingerprint density at radius 2 is 1.65 bits per heavy atom. The number of para-hydroxylation sites is 1. The van der Waals surface area contributed by atoms with Gasteiger partial charge in [-0.1, -0.05) is 12.1 Å². The zero-order chi connectivity index (χ0) is 14.7. The number of halogens is 2. The van der Waals surface area contributed by atoms with Crippen LogP contribution in [0.4, 0.5) is 5.69 Å². The third kappa shape index (κ3) is 4.73. The molecule has 0 saturated carbocycles. The van der Waals surface area contributed by atoms with Crippen LogP contribution in [-0.2, 0) is 4.74 Å². The van der Waals surface area contributed by atoms with Gasteiger partial charge >= 0.3 is 0 Å². The fourth-order valence-electron chi connectivity index (χ4n) is 3.20. The molecule has 0 radical (unpaired) electrons. The molecule has 5 nitrogen and oxygen atoms in total. The number of hydrogen-bond donors (Lipinski definition) is 1. The summed E-state index contributed by atoms with van der Waals surface area (Å²) in [5.74, 6) is 0.0553. The Bertz CT molecular complexity index is 502. The molecule has 3 rings (SSSR count). The fourth-order valence-corrected chi connectivity index (χ4v) is 3.20. The minimum atomic E-state index is 0. The molecular weight excluding hydrogens is 337 g/mol. The van der Waals surface area contributed by atoms with Crippen molar-refractivity contribution >= 4 is 36.4 Å². The SMILES string of the molecule is Cl.Cl.Nc1ccccc1C(=O)N1CCN(C2CCOCC2)CC1. The summed E-state index contributed by atoms with van der Waals surface area (Å²) in [6, 6.07) is 7.93. The topological polar surface area (TPSA) is 58.8 Å². The summed E-state index contributed by atoms with van der Waals surface area (Å²) in [4.78, 5) is 16.9. The molecule has 130 valence electrons. The van der Waals surface area contributed by atoms with Crippen molar-refractivity contribution in [2.75, 3.05) is 45.1 Å². The van der Waals surface area contributed by atoms with Gasteiger partial charge in [-0.05, 0) is 25.0 Å². The molecule has 2 fully saturated rings. The monoisotopic (exact) mass is 361 g/mol. The molecule has 0 aliphatic carbocycles. The van der Waals surface area contributed by atoms with Crippen molar-refractivity contribution in [3.63, 3.8) is 0 Å². The molecule has 1 amide bonds. The van der Waals surface area contributed by atoms with Gasteiger partial charge in [0.1, 0.15) is 0 Å². The molecule has 2 heterocycles. The van der Waals surface area contributed by atoms with Crippen molar-refractivity contribution in [2.45, 2.75) is 18.9 Å². The zero-order valence-corrected chi connectivity index (χ0v) is 14.8. The van der Waals surface area contributed by atoms with E-state index >= 15 is 0 Å². The van der Waals surface area contributed by atoms with Crippen molar-refractivity contribution in [1.82, 2.24) is 9.80 Å². The zero-order valence-electron chi connectivity index (χ0n) is 13.1. The molecule has 2 aliphatic heterocycles. The van der Waals surface area contributed by atoms with Crippen LogP contribution in [0.3, 0.4) is 0 Å². The fraction of sp³-hybridized carbons (Fsp3) is 0.562. The maximum absolute atomic E-state index is 12.5. The van der Waals surface area contributed by atoms with Gasteiger partial charge in [-0.3, -0.25) is 9.69 Å². The lowest BCUT2D eigenvalue weighted by Crippen LogP contribution is -2.53. The van der Waals surface area contributed by atoms with Gasteiger partial charge in [0, 0.05) is 51.1 Å². The second kappa shape index (κ2) is 9.33. The number of carbonyl (C=O) groups excluding carboxylic acids is 1. The van der Waals surface area contributed by atoms with Gasteiger partial charge in [0.15, 0.2) is 0 Å². The van der Waals surface area contributed by atoms with Crippen molar-refractivity contribution < 1.29 is 9.53 Å². The maximum atomic E-state index is 12.5. The molecule has 2 N–H and O–H groups in total. The third-order valence-corrected chi connectivity index (χ3v) is 4.50. The van der Waals surface area contributed by atoms with Gasteiger partial charge in [-0.15, -0.1) is 24.8 Å². The number of benzene rings is 1. The molecule has 0 spiro atoms. The number of piperazine rings is 1. The van der Waals surface area contributed by atoms with Gasteiger partial charge in [-0.25, -0.2) is 0 Å². The quantitative estimate of drug-likeness (QED) is 0.819. The van der Waals surface area contributed by atoms with E-state index < -0.39 is 0 Å². The van der Waals surface area contributed by atoms with Gasteiger partial charge in [0.05, 0.1) is 5.56 Å². The van der Waals surface area contributed by atoms with Crippen LogP contribution in [-0.4, -0.2) is 61.1 Å². The highest BCUT2D eigenvalue weighted by atomic mass is 35.5. The molecule has 0 bridgehead atoms. The smallest absolute Gasteiger partial charge is 0.256 e. The largest absolute Gasteiger partial charge is 0.398 e. The second-order valence-corrected chi connectivity index (χ2v) is 5.76. The van der Waals surface area contributed by atoms with Gasteiger partial charge in [0.2, 0.25) is 0 Å². The molecule has 2 saturated heterocycles. The van der Waals surface area contributed by atoms with Crippen molar-refractivity contribution in [1.29, 1.82) is 0 Å². The second-order valence-electron chi connectivity index (χ2n) is 5.76. The summed E-state index contributed by atoms with van der Waals surface area (Å²) < 4.78 is 5.42. The highest BCUT2D eigenvalue weighted by Gasteiger charge is 2.28. The van der Waals surface area contributed by atoms with Crippen LogP contribution in [0.15, 0.2) is 24.3 Å². The molecule has 0 unspecified atom stereocenters. The number of rotatable bonds is 2. The van der Waals surface area contributed by atoms with E-state index in [2.05, 4.69) is 4.90 Å². The number of nitrogens with two attached hydrogens (primary N) is 1. The number of ether oxygens (including phenoxy) is 1. The minimum Gasteiger partial charge on any atom is -0.398 e. The Hall–Kier alpha value is -1.01. The predicted octanol–water partition coefficient (Wildman–Crippen LogP) is 2.05. The molecule has 1 aromatic carbocycles. The summed E-state index contributed by atoms with van der Waals surface area (Å²) >= 11 is 0. The maximum Gasteiger partial charge on any atom is 0.256 e. The van der Waals surface area contributed by atoms with E-state index in [9.17, 15) is 4.79 Å². The Labute approximate surface area is 150 Å². The average Bonchev–Trinajstić information content (AvgIpc) is 2.56. The lowest BCUT2D eigenvalue weighted by Gasteiger charge is -2.40. The predicted molar refractivity (Wildman–Crippen MR) is 96.7 cm³/mol. The minimum absolute atomic E-state index is 0. The first-order valence-corrected chi connectivity index (χ1v) is 7.71. The molecule has 1 aromatic rings. The molecule has 2 aliphatic rings. The van der Waals surface area contributed by atoms with Crippen LogP contribution in [0.1, 0.15) is 23.2 Å². The van der Waals surface area contributed by atoms with Gasteiger partial charge in [-0.2, -0.15) is 0 Å². The van der Waals surface area contributed by atoms with Crippen LogP contribution in [0.25, 0.3) is 0 Å². The van der Waals surface area contributed by atoms with Crippen molar-refractivity contribution in [2.24, 2.45) is 0 Å². The van der Waals surface area contributed by atoms with Crippen LogP contribution in [0, 0.1) is 0 Å². The van der Waals surface area contributed by atoms with Crippen molar-refractivity contribution in [3.05, 3.63) is 29.8 Å². The van der Waals surface area contributed by atoms with E-state index in [1.807, 2.05) is 23.1 Å². The number of nitrogens with zero attached hydrogens (tertiary/aromatic N) is 2. The Morgan fingerprint density at radius 3 is 2.26 bits per heavy atom. The Kier molecular flexibility index (Phi) is 8.12. The van der Waals surface area contributed by atoms with E-state index in [0.717, 1.165) is 52.2 Å². The van der Waals surface area contributed by atoms with E-state index in [4.69, 9.17) is 10.5 Å². The molecule has 23 heavy (non-hydrogen) atoms. The Morgan fingerprint density at radius 1 is 1.04 bits per heavy atom. The number of amides is 1. The molecule has 0 aromatic heterocycles. The first-order valence-electron chi connectivity index (χ1n) is 7.71. The van der Waals surface area contributed by atoms with E-state index in [0.29, 0.717) is 17.3 Å². The van der Waals surface area contributed by atoms with E-state index in [-0.39, 0.29) is 30.7 Å². The highest BCUT2D eigenvalue weighted by molar-refractivity contribution is 5.99. The standard InChI is InChI=1S/C16H23N3O2.2ClH/c17-15-4-2-1-3-14(15)16(20)19-9-7-18(8-10-19)13-5-11-21-12-6-13;;/h1-4,13H,5-12,17H2;2*1H. The molecule has 0 atom stereocenters. The lowest BCUT2D eigenvalue weighted by atomic mass is 10.1. The number of nitrogen functional groups attached to an aromatic ring is 1. The van der Waals surface area contributed by atoms with Crippen LogP contribution in [0.5, 0.6) is 0 Å². The molecular formula is C16H25Cl2N3O2. The first kappa shape index (κ1) is 20.0. The van der Waals surface area contributed by atoms with E-state index in [1.165, 1.54) is 0 Å². The summed E-state index contributed by atoms with van der Waals surface area (Å²) in [6.07, 6.45) is 2.22. The summed E-state index contributed by atoms with van der Waals surface area (Å²) in [7, 11) is 0. The highest BCUT2D eigenvalue weighted by Crippen LogP contribution is 2.19. The molecule has 7 heteroatoms. The number of carbonyl (C=O) groups is 1. The van der Waals surface area contributed by atoms with Crippen LogP contribution >= 0.6 is 24.8 Å².